The summed E-state index contributed by atoms with van der Waals surface area (Å²) in [5.74, 6) is 0.554. The summed E-state index contributed by atoms with van der Waals surface area (Å²) in [5.41, 5.74) is 0.530. The molecular formula is C15H23ClN4O. The molecule has 1 unspecified atom stereocenters. The summed E-state index contributed by atoms with van der Waals surface area (Å²) < 4.78 is 0. The van der Waals surface area contributed by atoms with Crippen LogP contribution in [0.1, 0.15) is 30.1 Å². The van der Waals surface area contributed by atoms with E-state index in [0.29, 0.717) is 22.4 Å². The average Bonchev–Trinajstić information content (AvgIpc) is 2.93. The van der Waals surface area contributed by atoms with Crippen molar-refractivity contribution in [3.05, 3.63) is 22.8 Å². The standard InChI is InChI=1S/C15H23ClN4O/c1-4-20-7-5-6-12(20)10-19(3)15(21)11-8-13(16)14(17-2)18-9-11/h8-9,12H,4-7,10H2,1-3H3,(H,17,18). The second kappa shape index (κ2) is 7.09. The summed E-state index contributed by atoms with van der Waals surface area (Å²) in [6.45, 7) is 5.09. The Morgan fingerprint density at radius 3 is 3.00 bits per heavy atom. The van der Waals surface area contributed by atoms with Gasteiger partial charge in [0.1, 0.15) is 5.82 Å². The zero-order valence-electron chi connectivity index (χ0n) is 12.9. The predicted molar refractivity (Wildman–Crippen MR) is 86.0 cm³/mol. The lowest BCUT2D eigenvalue weighted by Gasteiger charge is -2.27. The zero-order valence-corrected chi connectivity index (χ0v) is 13.7. The number of likely N-dealkylation sites (tertiary alicyclic amines) is 1. The van der Waals surface area contributed by atoms with Crippen molar-refractivity contribution in [1.82, 2.24) is 14.8 Å². The van der Waals surface area contributed by atoms with Crippen LogP contribution in [-0.2, 0) is 0 Å². The second-order valence-corrected chi connectivity index (χ2v) is 5.82. The highest BCUT2D eigenvalue weighted by molar-refractivity contribution is 6.33. The van der Waals surface area contributed by atoms with Crippen molar-refractivity contribution >= 4 is 23.3 Å². The quantitative estimate of drug-likeness (QED) is 0.907. The number of anilines is 1. The zero-order chi connectivity index (χ0) is 15.4. The SMILES string of the molecule is CCN1CCCC1CN(C)C(=O)c1cnc(NC)c(Cl)c1. The summed E-state index contributed by atoms with van der Waals surface area (Å²) in [4.78, 5) is 20.8. The second-order valence-electron chi connectivity index (χ2n) is 5.41. The highest BCUT2D eigenvalue weighted by atomic mass is 35.5. The molecular weight excluding hydrogens is 288 g/mol. The molecule has 1 aliphatic heterocycles. The maximum Gasteiger partial charge on any atom is 0.255 e. The van der Waals surface area contributed by atoms with E-state index in [2.05, 4.69) is 22.1 Å². The minimum absolute atomic E-state index is 0.0324. The first-order valence-electron chi connectivity index (χ1n) is 7.39. The van der Waals surface area contributed by atoms with Gasteiger partial charge in [-0.3, -0.25) is 9.69 Å². The third-order valence-corrected chi connectivity index (χ3v) is 4.35. The Morgan fingerprint density at radius 1 is 1.62 bits per heavy atom. The molecule has 0 aliphatic carbocycles. The van der Waals surface area contributed by atoms with E-state index in [9.17, 15) is 4.79 Å². The van der Waals surface area contributed by atoms with Gasteiger partial charge >= 0.3 is 0 Å². The number of pyridine rings is 1. The lowest BCUT2D eigenvalue weighted by molar-refractivity contribution is 0.0754. The Hall–Kier alpha value is -1.33. The Kier molecular flexibility index (Phi) is 5.42. The van der Waals surface area contributed by atoms with Crippen molar-refractivity contribution < 1.29 is 4.79 Å². The first-order valence-corrected chi connectivity index (χ1v) is 7.77. The molecule has 0 radical (unpaired) electrons. The molecule has 1 aromatic rings. The van der Waals surface area contributed by atoms with Crippen LogP contribution in [0.15, 0.2) is 12.3 Å². The first kappa shape index (κ1) is 16.0. The van der Waals surface area contributed by atoms with Gasteiger partial charge in [-0.05, 0) is 32.0 Å². The van der Waals surface area contributed by atoms with Crippen molar-refractivity contribution in [1.29, 1.82) is 0 Å². The molecule has 1 aliphatic rings. The van der Waals surface area contributed by atoms with Crippen LogP contribution in [0.3, 0.4) is 0 Å². The highest BCUT2D eigenvalue weighted by Crippen LogP contribution is 2.21. The number of nitrogens with zero attached hydrogens (tertiary/aromatic N) is 3. The molecule has 21 heavy (non-hydrogen) atoms. The molecule has 1 N–H and O–H groups in total. The maximum atomic E-state index is 12.5. The van der Waals surface area contributed by atoms with Crippen molar-refractivity contribution in [2.45, 2.75) is 25.8 Å². The summed E-state index contributed by atoms with van der Waals surface area (Å²) in [5, 5.41) is 3.35. The van der Waals surface area contributed by atoms with Gasteiger partial charge in [-0.15, -0.1) is 0 Å². The van der Waals surface area contributed by atoms with Crippen LogP contribution >= 0.6 is 11.6 Å². The molecule has 1 fully saturated rings. The summed E-state index contributed by atoms with van der Waals surface area (Å²) in [6.07, 6.45) is 3.94. The van der Waals surface area contributed by atoms with Gasteiger partial charge in [0, 0.05) is 32.9 Å². The number of halogens is 1. The normalized spacial score (nSPS) is 18.8. The summed E-state index contributed by atoms with van der Waals surface area (Å²) in [6, 6.07) is 2.13. The molecule has 1 aromatic heterocycles. The van der Waals surface area contributed by atoms with Gasteiger partial charge in [0.15, 0.2) is 0 Å². The smallest absolute Gasteiger partial charge is 0.255 e. The van der Waals surface area contributed by atoms with E-state index in [1.165, 1.54) is 6.42 Å². The number of carbonyl (C=O) groups is 1. The van der Waals surface area contributed by atoms with Crippen LogP contribution in [0.4, 0.5) is 5.82 Å². The van der Waals surface area contributed by atoms with Crippen LogP contribution in [0.5, 0.6) is 0 Å². The van der Waals surface area contributed by atoms with E-state index in [4.69, 9.17) is 11.6 Å². The highest BCUT2D eigenvalue weighted by Gasteiger charge is 2.26. The van der Waals surface area contributed by atoms with Gasteiger partial charge in [0.2, 0.25) is 0 Å². The fraction of sp³-hybridized carbons (Fsp3) is 0.600. The van der Waals surface area contributed by atoms with Gasteiger partial charge in [0.25, 0.3) is 5.91 Å². The number of amides is 1. The molecule has 0 saturated carbocycles. The van der Waals surface area contributed by atoms with Gasteiger partial charge in [-0.25, -0.2) is 4.98 Å². The Morgan fingerprint density at radius 2 is 2.38 bits per heavy atom. The minimum atomic E-state index is -0.0324. The average molecular weight is 311 g/mol. The molecule has 0 bridgehead atoms. The number of likely N-dealkylation sites (N-methyl/N-ethyl adjacent to an activating group) is 2. The van der Waals surface area contributed by atoms with Crippen LogP contribution in [-0.4, -0.2) is 60.5 Å². The van der Waals surface area contributed by atoms with Gasteiger partial charge in [0.05, 0.1) is 10.6 Å². The molecule has 0 spiro atoms. The Balaban J connectivity index is 2.03. The molecule has 2 rings (SSSR count). The lowest BCUT2D eigenvalue weighted by Crippen LogP contribution is -2.41. The van der Waals surface area contributed by atoms with E-state index in [-0.39, 0.29) is 5.91 Å². The molecule has 1 amide bonds. The van der Waals surface area contributed by atoms with Gasteiger partial charge in [-0.2, -0.15) is 0 Å². The largest absolute Gasteiger partial charge is 0.372 e. The van der Waals surface area contributed by atoms with Gasteiger partial charge in [-0.1, -0.05) is 18.5 Å². The van der Waals surface area contributed by atoms with E-state index in [1.54, 1.807) is 24.2 Å². The fourth-order valence-corrected chi connectivity index (χ4v) is 3.14. The van der Waals surface area contributed by atoms with Crippen LogP contribution in [0.25, 0.3) is 0 Å². The number of hydrogen-bond acceptors (Lipinski definition) is 4. The van der Waals surface area contributed by atoms with E-state index >= 15 is 0 Å². The van der Waals surface area contributed by atoms with Crippen molar-refractivity contribution in [3.8, 4) is 0 Å². The van der Waals surface area contributed by atoms with Crippen LogP contribution < -0.4 is 5.32 Å². The number of carbonyl (C=O) groups excluding carboxylic acids is 1. The molecule has 2 heterocycles. The molecule has 1 saturated heterocycles. The van der Waals surface area contributed by atoms with E-state index in [1.807, 2.05) is 7.05 Å². The number of nitrogens with one attached hydrogen (secondary N) is 1. The Labute approximate surface area is 131 Å². The predicted octanol–water partition coefficient (Wildman–Crippen LogP) is 2.33. The Bertz CT molecular complexity index is 508. The minimum Gasteiger partial charge on any atom is -0.372 e. The van der Waals surface area contributed by atoms with Crippen LogP contribution in [0.2, 0.25) is 5.02 Å². The third-order valence-electron chi connectivity index (χ3n) is 4.06. The van der Waals surface area contributed by atoms with Crippen molar-refractivity contribution in [2.24, 2.45) is 0 Å². The lowest BCUT2D eigenvalue weighted by atomic mass is 10.2. The van der Waals surface area contributed by atoms with Gasteiger partial charge < -0.3 is 10.2 Å². The monoisotopic (exact) mass is 310 g/mol. The van der Waals surface area contributed by atoms with Crippen molar-refractivity contribution in [3.63, 3.8) is 0 Å². The third kappa shape index (κ3) is 3.66. The first-order chi connectivity index (χ1) is 10.1. The maximum absolute atomic E-state index is 12.5. The van der Waals surface area contributed by atoms with E-state index in [0.717, 1.165) is 26.1 Å². The molecule has 0 aromatic carbocycles. The fourth-order valence-electron chi connectivity index (χ4n) is 2.88. The van der Waals surface area contributed by atoms with Crippen molar-refractivity contribution in [2.75, 3.05) is 39.0 Å². The topological polar surface area (TPSA) is 48.5 Å². The number of aromatic nitrogens is 1. The summed E-state index contributed by atoms with van der Waals surface area (Å²) >= 11 is 6.09. The summed E-state index contributed by atoms with van der Waals surface area (Å²) in [7, 11) is 3.59. The van der Waals surface area contributed by atoms with Crippen LogP contribution in [0, 0.1) is 0 Å². The number of rotatable bonds is 5. The molecule has 5 nitrogen and oxygen atoms in total. The molecule has 1 atom stereocenters. The van der Waals surface area contributed by atoms with E-state index < -0.39 is 0 Å². The number of hydrogen-bond donors (Lipinski definition) is 1. The molecule has 116 valence electrons. The molecule has 6 heteroatoms.